The molecule has 2 aromatic carbocycles. The zero-order valence-electron chi connectivity index (χ0n) is 13.9. The average Bonchev–Trinajstić information content (AvgIpc) is 3.09. The maximum absolute atomic E-state index is 10.8. The van der Waals surface area contributed by atoms with E-state index in [0.29, 0.717) is 22.8 Å². The van der Waals surface area contributed by atoms with Gasteiger partial charge in [0.15, 0.2) is 0 Å². The Kier molecular flexibility index (Phi) is 5.14. The van der Waals surface area contributed by atoms with Gasteiger partial charge in [-0.15, -0.1) is 10.2 Å². The number of nitro groups is 1. The lowest BCUT2D eigenvalue weighted by Crippen LogP contribution is -1.89. The van der Waals surface area contributed by atoms with Crippen LogP contribution in [0.5, 0.6) is 0 Å². The molecule has 0 spiro atoms. The van der Waals surface area contributed by atoms with Crippen LogP contribution in [-0.4, -0.2) is 15.1 Å². The van der Waals surface area contributed by atoms with Crippen LogP contribution in [0.15, 0.2) is 58.2 Å². The summed E-state index contributed by atoms with van der Waals surface area (Å²) in [7, 11) is 0. The number of thioether (sulfide) groups is 1. The number of benzene rings is 2. The highest BCUT2D eigenvalue weighted by Crippen LogP contribution is 2.27. The van der Waals surface area contributed by atoms with Crippen molar-refractivity contribution in [1.82, 2.24) is 10.2 Å². The Balaban J connectivity index is 1.67. The normalized spacial score (nSPS) is 11.0. The van der Waals surface area contributed by atoms with Crippen molar-refractivity contribution >= 4 is 17.4 Å². The Hall–Kier alpha value is -2.67. The molecule has 0 fully saturated rings. The Morgan fingerprint density at radius 2 is 1.92 bits per heavy atom. The summed E-state index contributed by atoms with van der Waals surface area (Å²) in [4.78, 5) is 10.4. The van der Waals surface area contributed by atoms with Gasteiger partial charge in [-0.25, -0.2) is 0 Å². The van der Waals surface area contributed by atoms with Gasteiger partial charge in [-0.2, -0.15) is 0 Å². The van der Waals surface area contributed by atoms with Crippen molar-refractivity contribution in [3.63, 3.8) is 0 Å². The van der Waals surface area contributed by atoms with Crippen LogP contribution in [0, 0.1) is 10.1 Å². The minimum Gasteiger partial charge on any atom is -0.411 e. The number of hydrogen-bond donors (Lipinski definition) is 0. The molecule has 0 aliphatic carbocycles. The monoisotopic (exact) mass is 355 g/mol. The molecular formula is C18H17N3O3S. The van der Waals surface area contributed by atoms with E-state index in [1.807, 2.05) is 18.2 Å². The summed E-state index contributed by atoms with van der Waals surface area (Å²) in [6, 6.07) is 14.6. The molecule has 0 N–H and O–H groups in total. The molecule has 0 saturated heterocycles. The maximum atomic E-state index is 10.8. The molecule has 0 unspecified atom stereocenters. The van der Waals surface area contributed by atoms with Crippen LogP contribution in [0.4, 0.5) is 5.69 Å². The lowest BCUT2D eigenvalue weighted by molar-refractivity contribution is -0.384. The second kappa shape index (κ2) is 7.48. The highest BCUT2D eigenvalue weighted by atomic mass is 32.2. The first kappa shape index (κ1) is 17.2. The third-order valence-electron chi connectivity index (χ3n) is 3.71. The first-order chi connectivity index (χ1) is 12.0. The Morgan fingerprint density at radius 1 is 1.16 bits per heavy atom. The first-order valence-corrected chi connectivity index (χ1v) is 8.81. The molecule has 0 amide bonds. The molecule has 0 radical (unpaired) electrons. The fraction of sp³-hybridized carbons (Fsp3) is 0.222. The van der Waals surface area contributed by atoms with Gasteiger partial charge in [0.25, 0.3) is 10.9 Å². The zero-order valence-corrected chi connectivity index (χ0v) is 14.7. The molecule has 0 saturated carbocycles. The largest absolute Gasteiger partial charge is 0.411 e. The second-order valence-electron chi connectivity index (χ2n) is 5.87. The van der Waals surface area contributed by atoms with E-state index in [1.54, 1.807) is 12.1 Å². The van der Waals surface area contributed by atoms with E-state index < -0.39 is 4.92 Å². The van der Waals surface area contributed by atoms with Crippen molar-refractivity contribution in [2.24, 2.45) is 0 Å². The molecule has 1 aromatic heterocycles. The summed E-state index contributed by atoms with van der Waals surface area (Å²) in [6.07, 6.45) is 0. The number of rotatable bonds is 6. The summed E-state index contributed by atoms with van der Waals surface area (Å²) in [5.74, 6) is 1.46. The minimum absolute atomic E-state index is 0.0783. The van der Waals surface area contributed by atoms with E-state index in [-0.39, 0.29) is 5.69 Å². The van der Waals surface area contributed by atoms with Crippen LogP contribution in [0.3, 0.4) is 0 Å². The van der Waals surface area contributed by atoms with Crippen molar-refractivity contribution in [2.45, 2.75) is 30.7 Å². The van der Waals surface area contributed by atoms with E-state index in [0.717, 1.165) is 11.1 Å². The summed E-state index contributed by atoms with van der Waals surface area (Å²) in [5, 5.41) is 19.4. The van der Waals surface area contributed by atoms with Crippen molar-refractivity contribution < 1.29 is 9.34 Å². The first-order valence-electron chi connectivity index (χ1n) is 7.83. The standard InChI is InChI=1S/C18H17N3O3S/c1-12(2)14-6-8-15(9-7-14)17-19-20-18(24-17)25-11-13-4-3-5-16(10-13)21(22)23/h3-10,12H,11H2,1-2H3. The highest BCUT2D eigenvalue weighted by molar-refractivity contribution is 7.98. The van der Waals surface area contributed by atoms with Gasteiger partial charge in [-0.1, -0.05) is 49.9 Å². The van der Waals surface area contributed by atoms with Crippen molar-refractivity contribution in [2.75, 3.05) is 0 Å². The molecule has 3 aromatic rings. The molecule has 7 heteroatoms. The van der Waals surface area contributed by atoms with Gasteiger partial charge in [0, 0.05) is 23.4 Å². The van der Waals surface area contributed by atoms with Gasteiger partial charge >= 0.3 is 0 Å². The van der Waals surface area contributed by atoms with Gasteiger partial charge in [-0.05, 0) is 29.2 Å². The molecule has 0 bridgehead atoms. The van der Waals surface area contributed by atoms with Crippen LogP contribution < -0.4 is 0 Å². The Labute approximate surface area is 149 Å². The van der Waals surface area contributed by atoms with Crippen LogP contribution in [-0.2, 0) is 5.75 Å². The van der Waals surface area contributed by atoms with Gasteiger partial charge in [-0.3, -0.25) is 10.1 Å². The molecule has 25 heavy (non-hydrogen) atoms. The van der Waals surface area contributed by atoms with Gasteiger partial charge < -0.3 is 4.42 Å². The van der Waals surface area contributed by atoms with E-state index >= 15 is 0 Å². The second-order valence-corrected chi connectivity index (χ2v) is 6.79. The fourth-order valence-corrected chi connectivity index (χ4v) is 3.01. The van der Waals surface area contributed by atoms with E-state index in [1.165, 1.54) is 23.4 Å². The lowest BCUT2D eigenvalue weighted by Gasteiger charge is -2.04. The molecular weight excluding hydrogens is 338 g/mol. The van der Waals surface area contributed by atoms with Gasteiger partial charge in [0.1, 0.15) is 0 Å². The van der Waals surface area contributed by atoms with E-state index in [9.17, 15) is 10.1 Å². The zero-order chi connectivity index (χ0) is 17.8. The Morgan fingerprint density at radius 3 is 2.60 bits per heavy atom. The molecule has 3 rings (SSSR count). The predicted octanol–water partition coefficient (Wildman–Crippen LogP) is 5.06. The van der Waals surface area contributed by atoms with Gasteiger partial charge in [0.2, 0.25) is 5.89 Å². The topological polar surface area (TPSA) is 82.1 Å². The maximum Gasteiger partial charge on any atom is 0.277 e. The third-order valence-corrected chi connectivity index (χ3v) is 4.60. The molecule has 0 aliphatic heterocycles. The minimum atomic E-state index is -0.403. The number of hydrogen-bond acceptors (Lipinski definition) is 6. The summed E-state index contributed by atoms with van der Waals surface area (Å²) in [6.45, 7) is 4.29. The van der Waals surface area contributed by atoms with E-state index in [4.69, 9.17) is 4.42 Å². The summed E-state index contributed by atoms with van der Waals surface area (Å²) < 4.78 is 5.68. The predicted molar refractivity (Wildman–Crippen MR) is 96.5 cm³/mol. The van der Waals surface area contributed by atoms with Crippen LogP contribution in [0.25, 0.3) is 11.5 Å². The Bertz CT molecular complexity index is 875. The molecule has 0 atom stereocenters. The molecule has 128 valence electrons. The summed E-state index contributed by atoms with van der Waals surface area (Å²) >= 11 is 1.35. The quantitative estimate of drug-likeness (QED) is 0.349. The number of aromatic nitrogens is 2. The van der Waals surface area contributed by atoms with Crippen LogP contribution >= 0.6 is 11.8 Å². The van der Waals surface area contributed by atoms with Gasteiger partial charge in [0.05, 0.1) is 4.92 Å². The molecule has 6 nitrogen and oxygen atoms in total. The number of nitrogens with zero attached hydrogens (tertiary/aromatic N) is 3. The van der Waals surface area contributed by atoms with Crippen molar-refractivity contribution in [3.8, 4) is 11.5 Å². The fourth-order valence-electron chi connectivity index (χ4n) is 2.30. The van der Waals surface area contributed by atoms with E-state index in [2.05, 4.69) is 36.2 Å². The summed E-state index contributed by atoms with van der Waals surface area (Å²) in [5.41, 5.74) is 3.04. The number of nitro benzene ring substituents is 1. The SMILES string of the molecule is CC(C)c1ccc(-c2nnc(SCc3cccc([N+](=O)[O-])c3)o2)cc1. The third kappa shape index (κ3) is 4.24. The average molecular weight is 355 g/mol. The number of non-ortho nitro benzene ring substituents is 1. The highest BCUT2D eigenvalue weighted by Gasteiger charge is 2.11. The van der Waals surface area contributed by atoms with Crippen molar-refractivity contribution in [1.29, 1.82) is 0 Å². The smallest absolute Gasteiger partial charge is 0.277 e. The van der Waals surface area contributed by atoms with Crippen LogP contribution in [0.2, 0.25) is 0 Å². The van der Waals surface area contributed by atoms with Crippen molar-refractivity contribution in [3.05, 3.63) is 69.8 Å². The van der Waals surface area contributed by atoms with Crippen LogP contribution in [0.1, 0.15) is 30.9 Å². The lowest BCUT2D eigenvalue weighted by atomic mass is 10.0. The molecule has 1 heterocycles. The molecule has 0 aliphatic rings.